The molecule has 1 atom stereocenters. The highest BCUT2D eigenvalue weighted by molar-refractivity contribution is 5.79. The maximum Gasteiger partial charge on any atom is 0.169 e. The minimum absolute atomic E-state index is 0.0762. The van der Waals surface area contributed by atoms with E-state index in [9.17, 15) is 0 Å². The van der Waals surface area contributed by atoms with Crippen molar-refractivity contribution >= 4 is 0 Å². The van der Waals surface area contributed by atoms with Gasteiger partial charge in [0.15, 0.2) is 11.5 Å². The first-order valence-electron chi connectivity index (χ1n) is 7.46. The Bertz CT molecular complexity index is 652. The van der Waals surface area contributed by atoms with Gasteiger partial charge in [-0.1, -0.05) is 37.3 Å². The molecule has 0 aromatic heterocycles. The topological polar surface area (TPSA) is 44.5 Å². The monoisotopic (exact) mass is 283 g/mol. The molecule has 0 spiro atoms. The first-order chi connectivity index (χ1) is 10.2. The summed E-state index contributed by atoms with van der Waals surface area (Å²) < 4.78 is 11.9. The summed E-state index contributed by atoms with van der Waals surface area (Å²) in [4.78, 5) is 0. The zero-order valence-electron chi connectivity index (χ0n) is 12.6. The second-order valence-corrected chi connectivity index (χ2v) is 5.38. The van der Waals surface area contributed by atoms with Crippen molar-refractivity contribution < 1.29 is 9.47 Å². The van der Waals surface area contributed by atoms with Crippen LogP contribution in [0, 0.1) is 6.92 Å². The summed E-state index contributed by atoms with van der Waals surface area (Å²) >= 11 is 0. The van der Waals surface area contributed by atoms with Crippen molar-refractivity contribution in [2.75, 3.05) is 13.2 Å². The van der Waals surface area contributed by atoms with Crippen molar-refractivity contribution in [1.82, 2.24) is 0 Å². The minimum Gasteiger partial charge on any atom is -0.486 e. The first kappa shape index (κ1) is 14.0. The van der Waals surface area contributed by atoms with Crippen LogP contribution < -0.4 is 15.2 Å². The van der Waals surface area contributed by atoms with Crippen LogP contribution >= 0.6 is 0 Å². The van der Waals surface area contributed by atoms with Gasteiger partial charge < -0.3 is 15.2 Å². The summed E-state index contributed by atoms with van der Waals surface area (Å²) in [5.41, 5.74) is 10.6. The number of para-hydroxylation sites is 1. The predicted octanol–water partition coefficient (Wildman–Crippen LogP) is 3.32. The zero-order chi connectivity index (χ0) is 14.8. The number of ether oxygens (including phenoxy) is 2. The maximum absolute atomic E-state index is 6.07. The number of benzene rings is 2. The zero-order valence-corrected chi connectivity index (χ0v) is 12.6. The summed E-state index contributed by atoms with van der Waals surface area (Å²) in [6.07, 6.45) is 0.912. The third kappa shape index (κ3) is 2.49. The smallest absolute Gasteiger partial charge is 0.169 e. The lowest BCUT2D eigenvalue weighted by Crippen LogP contribution is -2.35. The van der Waals surface area contributed by atoms with E-state index in [0.29, 0.717) is 13.2 Å². The molecule has 1 heterocycles. The average Bonchev–Trinajstić information content (AvgIpc) is 2.53. The minimum atomic E-state index is -0.0762. The second kappa shape index (κ2) is 5.78. The first-order valence-corrected chi connectivity index (χ1v) is 7.46. The van der Waals surface area contributed by atoms with Crippen LogP contribution in [-0.4, -0.2) is 19.3 Å². The van der Waals surface area contributed by atoms with Crippen molar-refractivity contribution in [2.45, 2.75) is 26.4 Å². The summed E-state index contributed by atoms with van der Waals surface area (Å²) in [6, 6.07) is 12.5. The van der Waals surface area contributed by atoms with Crippen LogP contribution in [0.3, 0.4) is 0 Å². The van der Waals surface area contributed by atoms with Gasteiger partial charge in [-0.15, -0.1) is 0 Å². The second-order valence-electron chi connectivity index (χ2n) is 5.38. The maximum atomic E-state index is 6.07. The number of fused-ring (bicyclic) bond motifs is 1. The standard InChI is InChI=1S/C18H21NO2/c1-3-13-7-4-6-12(2)17(13)15-8-5-9-16-18(15)21-14(10-19)11-20-16/h4-9,14H,3,10-11,19H2,1-2H3/t14-/m0/s1. The van der Waals surface area contributed by atoms with E-state index < -0.39 is 0 Å². The molecule has 2 N–H and O–H groups in total. The molecule has 3 heteroatoms. The van der Waals surface area contributed by atoms with Crippen LogP contribution in [-0.2, 0) is 6.42 Å². The molecule has 2 aromatic rings. The molecule has 0 aliphatic carbocycles. The molecule has 2 aromatic carbocycles. The Morgan fingerprint density at radius 1 is 1.19 bits per heavy atom. The van der Waals surface area contributed by atoms with Gasteiger partial charge >= 0.3 is 0 Å². The molecule has 3 nitrogen and oxygen atoms in total. The van der Waals surface area contributed by atoms with Crippen LogP contribution in [0.5, 0.6) is 11.5 Å². The molecule has 0 unspecified atom stereocenters. The number of hydrogen-bond acceptors (Lipinski definition) is 3. The van der Waals surface area contributed by atoms with Crippen LogP contribution in [0.2, 0.25) is 0 Å². The lowest BCUT2D eigenvalue weighted by atomic mass is 9.92. The fourth-order valence-corrected chi connectivity index (χ4v) is 2.86. The van der Waals surface area contributed by atoms with Crippen molar-refractivity contribution in [3.8, 4) is 22.6 Å². The average molecular weight is 283 g/mol. The normalized spacial score (nSPS) is 16.8. The largest absolute Gasteiger partial charge is 0.486 e. The molecule has 0 saturated heterocycles. The fourth-order valence-electron chi connectivity index (χ4n) is 2.86. The Morgan fingerprint density at radius 3 is 2.76 bits per heavy atom. The van der Waals surface area contributed by atoms with Crippen LogP contribution in [0.4, 0.5) is 0 Å². The molecule has 0 amide bonds. The van der Waals surface area contributed by atoms with E-state index in [0.717, 1.165) is 23.5 Å². The molecule has 21 heavy (non-hydrogen) atoms. The molecule has 1 aliphatic heterocycles. The van der Waals surface area contributed by atoms with Gasteiger partial charge in [0.05, 0.1) is 0 Å². The van der Waals surface area contributed by atoms with Gasteiger partial charge in [0.1, 0.15) is 12.7 Å². The highest BCUT2D eigenvalue weighted by atomic mass is 16.6. The third-order valence-electron chi connectivity index (χ3n) is 3.96. The van der Waals surface area contributed by atoms with Crippen molar-refractivity contribution in [3.63, 3.8) is 0 Å². The van der Waals surface area contributed by atoms with Crippen LogP contribution in [0.25, 0.3) is 11.1 Å². The molecular weight excluding hydrogens is 262 g/mol. The summed E-state index contributed by atoms with van der Waals surface area (Å²) in [5.74, 6) is 1.63. The summed E-state index contributed by atoms with van der Waals surface area (Å²) in [6.45, 7) is 5.29. The Kier molecular flexibility index (Phi) is 3.84. The van der Waals surface area contributed by atoms with Gasteiger partial charge in [0.2, 0.25) is 0 Å². The molecule has 3 rings (SSSR count). The van der Waals surface area contributed by atoms with E-state index in [4.69, 9.17) is 15.2 Å². The van der Waals surface area contributed by atoms with Gasteiger partial charge in [0.25, 0.3) is 0 Å². The predicted molar refractivity (Wildman–Crippen MR) is 85.0 cm³/mol. The molecule has 110 valence electrons. The molecular formula is C18H21NO2. The lowest BCUT2D eigenvalue weighted by Gasteiger charge is -2.28. The highest BCUT2D eigenvalue weighted by Crippen LogP contribution is 2.43. The Hall–Kier alpha value is -2.00. The molecule has 0 radical (unpaired) electrons. The summed E-state index contributed by atoms with van der Waals surface area (Å²) in [5, 5.41) is 0. The van der Waals surface area contributed by atoms with Crippen LogP contribution in [0.15, 0.2) is 36.4 Å². The van der Waals surface area contributed by atoms with Crippen molar-refractivity contribution in [2.24, 2.45) is 5.73 Å². The number of nitrogens with two attached hydrogens (primary N) is 1. The number of rotatable bonds is 3. The Labute approximate surface area is 125 Å². The lowest BCUT2D eigenvalue weighted by molar-refractivity contribution is 0.0976. The van der Waals surface area contributed by atoms with Gasteiger partial charge in [-0.05, 0) is 36.1 Å². The fraction of sp³-hybridized carbons (Fsp3) is 0.333. The molecule has 0 fully saturated rings. The quantitative estimate of drug-likeness (QED) is 0.939. The van der Waals surface area contributed by atoms with E-state index in [2.05, 4.69) is 38.1 Å². The molecule has 0 bridgehead atoms. The van der Waals surface area contributed by atoms with E-state index in [1.807, 2.05) is 12.1 Å². The van der Waals surface area contributed by atoms with Gasteiger partial charge in [-0.2, -0.15) is 0 Å². The van der Waals surface area contributed by atoms with Gasteiger partial charge in [-0.3, -0.25) is 0 Å². The van der Waals surface area contributed by atoms with E-state index in [1.54, 1.807) is 0 Å². The van der Waals surface area contributed by atoms with Gasteiger partial charge in [0, 0.05) is 12.1 Å². The van der Waals surface area contributed by atoms with Crippen LogP contribution in [0.1, 0.15) is 18.1 Å². The summed E-state index contributed by atoms with van der Waals surface area (Å²) in [7, 11) is 0. The Morgan fingerprint density at radius 2 is 2.00 bits per heavy atom. The van der Waals surface area contributed by atoms with Crippen molar-refractivity contribution in [1.29, 1.82) is 0 Å². The van der Waals surface area contributed by atoms with Gasteiger partial charge in [-0.25, -0.2) is 0 Å². The number of aryl methyl sites for hydroxylation is 2. The Balaban J connectivity index is 2.17. The van der Waals surface area contributed by atoms with E-state index in [-0.39, 0.29) is 6.10 Å². The van der Waals surface area contributed by atoms with Crippen molar-refractivity contribution in [3.05, 3.63) is 47.5 Å². The third-order valence-corrected chi connectivity index (χ3v) is 3.96. The molecule has 1 aliphatic rings. The van der Waals surface area contributed by atoms with E-state index in [1.165, 1.54) is 16.7 Å². The number of hydrogen-bond donors (Lipinski definition) is 1. The highest BCUT2D eigenvalue weighted by Gasteiger charge is 2.24. The SMILES string of the molecule is CCc1cccc(C)c1-c1cccc2c1O[C@@H](CN)CO2. The van der Waals surface area contributed by atoms with E-state index >= 15 is 0 Å². The molecule has 0 saturated carbocycles.